The van der Waals surface area contributed by atoms with Gasteiger partial charge in [-0.2, -0.15) is 5.10 Å². The van der Waals surface area contributed by atoms with Gasteiger partial charge in [0.15, 0.2) is 5.78 Å². The lowest BCUT2D eigenvalue weighted by Crippen LogP contribution is -2.35. The molecule has 1 heterocycles. The third-order valence-electron chi connectivity index (χ3n) is 2.78. The highest BCUT2D eigenvalue weighted by molar-refractivity contribution is 5.98. The number of hydrogen-bond donors (Lipinski definition) is 0. The van der Waals surface area contributed by atoms with E-state index in [1.54, 1.807) is 24.3 Å². The number of nitrogens with zero attached hydrogens (tertiary/aromatic N) is 3. The fourth-order valence-electron chi connectivity index (χ4n) is 1.70. The van der Waals surface area contributed by atoms with Gasteiger partial charge in [-0.25, -0.2) is 9.67 Å². The number of aryl methyl sites for hydroxylation is 1. The summed E-state index contributed by atoms with van der Waals surface area (Å²) in [5.41, 5.74) is 1.50. The maximum absolute atomic E-state index is 12.0. The van der Waals surface area contributed by atoms with Gasteiger partial charge in [0.2, 0.25) is 0 Å². The van der Waals surface area contributed by atoms with E-state index in [0.717, 1.165) is 10.2 Å². The predicted octanol–water partition coefficient (Wildman–Crippen LogP) is 0.151. The Morgan fingerprint density at radius 2 is 2.00 bits per heavy atom. The monoisotopic (exact) mass is 258 g/mol. The average Bonchev–Trinajstić information content (AvgIpc) is 2.89. The number of aromatic nitrogens is 3. The van der Waals surface area contributed by atoms with Gasteiger partial charge in [0.25, 0.3) is 0 Å². The Hall–Kier alpha value is -2.50. The first-order valence-corrected chi connectivity index (χ1v) is 5.73. The Morgan fingerprint density at radius 1 is 1.32 bits per heavy atom. The summed E-state index contributed by atoms with van der Waals surface area (Å²) >= 11 is 0. The van der Waals surface area contributed by atoms with Crippen LogP contribution in [-0.2, 0) is 4.79 Å². The van der Waals surface area contributed by atoms with Crippen molar-refractivity contribution in [2.75, 3.05) is 0 Å². The molecule has 6 nitrogen and oxygen atoms in total. The predicted molar refractivity (Wildman–Crippen MR) is 64.2 cm³/mol. The number of rotatable bonds is 5. The van der Waals surface area contributed by atoms with Gasteiger partial charge < -0.3 is 9.90 Å². The average molecular weight is 258 g/mol. The van der Waals surface area contributed by atoms with Crippen molar-refractivity contribution in [2.24, 2.45) is 0 Å². The molecule has 98 valence electrons. The number of carbonyl (C=O) groups excluding carboxylic acids is 2. The number of Topliss-reactive ketones (excluding diaryl/α,β-unsaturated/α-hetero) is 1. The minimum atomic E-state index is -1.36. The molecule has 1 aromatic carbocycles. The van der Waals surface area contributed by atoms with E-state index in [1.807, 2.05) is 6.92 Å². The normalized spacial score (nSPS) is 12.1. The molecule has 0 fully saturated rings. The van der Waals surface area contributed by atoms with Crippen molar-refractivity contribution >= 4 is 11.8 Å². The van der Waals surface area contributed by atoms with E-state index in [1.165, 1.54) is 12.7 Å². The highest BCUT2D eigenvalue weighted by atomic mass is 16.4. The van der Waals surface area contributed by atoms with Crippen molar-refractivity contribution in [3.63, 3.8) is 0 Å². The third-order valence-corrected chi connectivity index (χ3v) is 2.78. The van der Waals surface area contributed by atoms with Crippen LogP contribution in [0, 0.1) is 6.92 Å². The van der Waals surface area contributed by atoms with Crippen LogP contribution in [0.1, 0.15) is 28.4 Å². The van der Waals surface area contributed by atoms with Gasteiger partial charge in [-0.05, 0) is 6.92 Å². The fraction of sp³-hybridized carbons (Fsp3) is 0.231. The summed E-state index contributed by atoms with van der Waals surface area (Å²) in [6.45, 7) is 1.91. The van der Waals surface area contributed by atoms with Crippen LogP contribution in [0.15, 0.2) is 36.9 Å². The summed E-state index contributed by atoms with van der Waals surface area (Å²) in [5, 5.41) is 14.8. The van der Waals surface area contributed by atoms with Crippen LogP contribution < -0.4 is 5.11 Å². The fourth-order valence-corrected chi connectivity index (χ4v) is 1.70. The van der Waals surface area contributed by atoms with E-state index in [2.05, 4.69) is 10.1 Å². The molecular formula is C13H12N3O3-. The highest BCUT2D eigenvalue weighted by Gasteiger charge is 2.18. The highest BCUT2D eigenvalue weighted by Crippen LogP contribution is 2.14. The zero-order valence-corrected chi connectivity index (χ0v) is 10.3. The second-order valence-electron chi connectivity index (χ2n) is 4.20. The van der Waals surface area contributed by atoms with Gasteiger partial charge in [0.1, 0.15) is 18.7 Å². The van der Waals surface area contributed by atoms with E-state index in [0.29, 0.717) is 5.56 Å². The summed E-state index contributed by atoms with van der Waals surface area (Å²) in [6.07, 6.45) is 2.25. The molecule has 0 unspecified atom stereocenters. The molecule has 0 spiro atoms. The quantitative estimate of drug-likeness (QED) is 0.712. The first-order valence-electron chi connectivity index (χ1n) is 5.73. The van der Waals surface area contributed by atoms with Gasteiger partial charge in [-0.15, -0.1) is 0 Å². The lowest BCUT2D eigenvalue weighted by Gasteiger charge is -2.17. The molecule has 0 saturated heterocycles. The second kappa shape index (κ2) is 5.43. The van der Waals surface area contributed by atoms with E-state index in [-0.39, 0.29) is 12.2 Å². The first-order chi connectivity index (χ1) is 9.08. The number of hydrogen-bond acceptors (Lipinski definition) is 5. The minimum absolute atomic E-state index is 0.214. The number of carboxylic acid groups (broad SMARTS) is 1. The minimum Gasteiger partial charge on any atom is -0.548 e. The van der Waals surface area contributed by atoms with Crippen molar-refractivity contribution in [2.45, 2.75) is 19.4 Å². The summed E-state index contributed by atoms with van der Waals surface area (Å²) in [4.78, 5) is 26.7. The van der Waals surface area contributed by atoms with Crippen LogP contribution >= 0.6 is 0 Å². The van der Waals surface area contributed by atoms with Gasteiger partial charge in [0.05, 0.1) is 5.97 Å². The zero-order chi connectivity index (χ0) is 13.8. The maximum atomic E-state index is 12.0. The lowest BCUT2D eigenvalue weighted by molar-refractivity contribution is -0.310. The Kier molecular flexibility index (Phi) is 3.70. The molecule has 0 aliphatic rings. The molecule has 0 saturated carbocycles. The second-order valence-corrected chi connectivity index (χ2v) is 4.20. The number of benzene rings is 1. The molecular weight excluding hydrogens is 246 g/mol. The van der Waals surface area contributed by atoms with E-state index < -0.39 is 12.0 Å². The molecule has 2 rings (SSSR count). The summed E-state index contributed by atoms with van der Waals surface area (Å²) in [6, 6.07) is 5.81. The lowest BCUT2D eigenvalue weighted by atomic mass is 10.0. The molecule has 0 amide bonds. The van der Waals surface area contributed by atoms with Crippen molar-refractivity contribution in [3.05, 3.63) is 48.0 Å². The maximum Gasteiger partial charge on any atom is 0.165 e. The standard InChI is InChI=1S/C13H13N3O3/c1-9-2-4-10(5-3-9)12(17)6-11(13(18)19)16-8-14-7-15-16/h2-5,7-8,11H,6H2,1H3,(H,18,19)/p-1/t11-/m1/s1. The summed E-state index contributed by atoms with van der Waals surface area (Å²) in [5.74, 6) is -1.63. The number of carboxylic acids is 1. The smallest absolute Gasteiger partial charge is 0.165 e. The van der Waals surface area contributed by atoms with Crippen LogP contribution in [-0.4, -0.2) is 26.5 Å². The van der Waals surface area contributed by atoms with Crippen LogP contribution in [0.2, 0.25) is 0 Å². The molecule has 0 aliphatic carbocycles. The Balaban J connectivity index is 2.16. The van der Waals surface area contributed by atoms with Gasteiger partial charge in [0, 0.05) is 12.0 Å². The Labute approximate surface area is 109 Å². The van der Waals surface area contributed by atoms with Crippen LogP contribution in [0.25, 0.3) is 0 Å². The molecule has 0 bridgehead atoms. The van der Waals surface area contributed by atoms with Crippen molar-refractivity contribution in [3.8, 4) is 0 Å². The molecule has 6 heteroatoms. The van der Waals surface area contributed by atoms with Gasteiger partial charge in [-0.1, -0.05) is 29.8 Å². The molecule has 2 aromatic rings. The molecule has 0 N–H and O–H groups in total. The number of aliphatic carboxylic acids is 1. The van der Waals surface area contributed by atoms with Crippen LogP contribution in [0.5, 0.6) is 0 Å². The first kappa shape index (κ1) is 12.9. The molecule has 19 heavy (non-hydrogen) atoms. The largest absolute Gasteiger partial charge is 0.548 e. The van der Waals surface area contributed by atoms with Crippen molar-refractivity contribution < 1.29 is 14.7 Å². The van der Waals surface area contributed by atoms with Crippen LogP contribution in [0.4, 0.5) is 0 Å². The van der Waals surface area contributed by atoms with Crippen molar-refractivity contribution in [1.82, 2.24) is 14.8 Å². The van der Waals surface area contributed by atoms with Gasteiger partial charge in [-0.3, -0.25) is 4.79 Å². The molecule has 0 aliphatic heterocycles. The Bertz CT molecular complexity index is 576. The van der Waals surface area contributed by atoms with E-state index in [4.69, 9.17) is 0 Å². The molecule has 1 aromatic heterocycles. The number of ketones is 1. The topological polar surface area (TPSA) is 87.9 Å². The third kappa shape index (κ3) is 3.04. The summed E-state index contributed by atoms with van der Waals surface area (Å²) in [7, 11) is 0. The van der Waals surface area contributed by atoms with Gasteiger partial charge >= 0.3 is 0 Å². The van der Waals surface area contributed by atoms with E-state index in [9.17, 15) is 14.7 Å². The summed E-state index contributed by atoms with van der Waals surface area (Å²) < 4.78 is 1.11. The zero-order valence-electron chi connectivity index (χ0n) is 10.3. The SMILES string of the molecule is Cc1ccc(C(=O)C[C@H](C(=O)[O-])n2cncn2)cc1. The van der Waals surface area contributed by atoms with Crippen molar-refractivity contribution in [1.29, 1.82) is 0 Å². The molecule has 0 radical (unpaired) electrons. The number of carbonyl (C=O) groups is 2. The Morgan fingerprint density at radius 3 is 2.53 bits per heavy atom. The van der Waals surface area contributed by atoms with E-state index >= 15 is 0 Å². The van der Waals surface area contributed by atoms with Crippen LogP contribution in [0.3, 0.4) is 0 Å². The molecule has 1 atom stereocenters.